The second-order valence-corrected chi connectivity index (χ2v) is 3.34. The van der Waals surface area contributed by atoms with Crippen LogP contribution >= 0.6 is 0 Å². The van der Waals surface area contributed by atoms with E-state index < -0.39 is 6.03 Å². The molecule has 0 aromatic carbocycles. The quantitative estimate of drug-likeness (QED) is 0.703. The van der Waals surface area contributed by atoms with E-state index in [4.69, 9.17) is 0 Å². The second kappa shape index (κ2) is 8.71. The van der Waals surface area contributed by atoms with Crippen molar-refractivity contribution in [3.8, 4) is 0 Å². The molecule has 16 heavy (non-hydrogen) atoms. The summed E-state index contributed by atoms with van der Waals surface area (Å²) < 4.78 is 0. The smallest absolute Gasteiger partial charge is 0.321 e. The van der Waals surface area contributed by atoms with Gasteiger partial charge in [-0.2, -0.15) is 0 Å². The minimum absolute atomic E-state index is 0.243. The van der Waals surface area contributed by atoms with E-state index >= 15 is 0 Å². The zero-order valence-electron chi connectivity index (χ0n) is 10.2. The molecule has 0 aliphatic heterocycles. The van der Waals surface area contributed by atoms with Crippen LogP contribution in [-0.4, -0.2) is 18.5 Å². The lowest BCUT2D eigenvalue weighted by Gasteiger charge is -2.06. The fraction of sp³-hybridized carbons (Fsp3) is 0.500. The molecule has 0 rings (SSSR count). The lowest BCUT2D eigenvalue weighted by molar-refractivity contribution is -0.120. The van der Waals surface area contributed by atoms with Gasteiger partial charge >= 0.3 is 6.03 Å². The number of carbonyl (C=O) groups excluding carboxylic acids is 2. The number of hydrogen-bond donors (Lipinski definition) is 2. The third kappa shape index (κ3) is 6.81. The molecule has 0 aromatic rings. The van der Waals surface area contributed by atoms with Crippen LogP contribution in [0.25, 0.3) is 0 Å². The summed E-state index contributed by atoms with van der Waals surface area (Å²) in [5.41, 5.74) is 1.00. The summed E-state index contributed by atoms with van der Waals surface area (Å²) in [4.78, 5) is 22.4. The first kappa shape index (κ1) is 14.4. The summed E-state index contributed by atoms with van der Waals surface area (Å²) in [5.74, 6) is -0.243. The Morgan fingerprint density at radius 3 is 2.44 bits per heavy atom. The van der Waals surface area contributed by atoms with Crippen LogP contribution in [0.3, 0.4) is 0 Å². The monoisotopic (exact) mass is 224 g/mol. The highest BCUT2D eigenvalue weighted by molar-refractivity contribution is 5.94. The van der Waals surface area contributed by atoms with Gasteiger partial charge in [-0.3, -0.25) is 10.1 Å². The Kier molecular flexibility index (Phi) is 7.85. The van der Waals surface area contributed by atoms with Gasteiger partial charge in [0.2, 0.25) is 5.91 Å². The first-order valence-electron chi connectivity index (χ1n) is 5.49. The van der Waals surface area contributed by atoms with Crippen molar-refractivity contribution >= 4 is 11.9 Å². The first-order valence-corrected chi connectivity index (χ1v) is 5.49. The van der Waals surface area contributed by atoms with Crippen molar-refractivity contribution in [2.45, 2.75) is 33.6 Å². The molecule has 90 valence electrons. The topological polar surface area (TPSA) is 58.2 Å². The highest BCUT2D eigenvalue weighted by Gasteiger charge is 2.05. The molecular weight excluding hydrogens is 204 g/mol. The van der Waals surface area contributed by atoms with E-state index in [2.05, 4.69) is 10.6 Å². The van der Waals surface area contributed by atoms with E-state index in [1.165, 1.54) is 0 Å². The number of allylic oxidation sites excluding steroid dienone is 2. The molecule has 0 aliphatic carbocycles. The van der Waals surface area contributed by atoms with Gasteiger partial charge < -0.3 is 5.32 Å². The van der Waals surface area contributed by atoms with Crippen molar-refractivity contribution in [1.29, 1.82) is 0 Å². The van der Waals surface area contributed by atoms with Crippen LogP contribution in [0.2, 0.25) is 0 Å². The van der Waals surface area contributed by atoms with Gasteiger partial charge in [0.05, 0.1) is 0 Å². The normalized spacial score (nSPS) is 11.6. The maximum atomic E-state index is 11.3. The molecule has 0 radical (unpaired) electrons. The highest BCUT2D eigenvalue weighted by Crippen LogP contribution is 1.94. The van der Waals surface area contributed by atoms with Crippen LogP contribution in [0.15, 0.2) is 23.8 Å². The number of nitrogens with one attached hydrogen (secondary N) is 2. The van der Waals surface area contributed by atoms with Gasteiger partial charge in [0.1, 0.15) is 0 Å². The van der Waals surface area contributed by atoms with E-state index in [1.54, 1.807) is 0 Å². The maximum absolute atomic E-state index is 11.3. The average molecular weight is 224 g/mol. The molecule has 0 aromatic heterocycles. The zero-order valence-corrected chi connectivity index (χ0v) is 10.2. The van der Waals surface area contributed by atoms with Gasteiger partial charge in [0.15, 0.2) is 0 Å². The van der Waals surface area contributed by atoms with E-state index in [-0.39, 0.29) is 5.91 Å². The van der Waals surface area contributed by atoms with Crippen LogP contribution in [0, 0.1) is 0 Å². The van der Waals surface area contributed by atoms with E-state index in [0.717, 1.165) is 12.0 Å². The number of urea groups is 1. The van der Waals surface area contributed by atoms with E-state index in [9.17, 15) is 9.59 Å². The number of hydrogen-bond acceptors (Lipinski definition) is 2. The van der Waals surface area contributed by atoms with Gasteiger partial charge in [0, 0.05) is 13.0 Å². The predicted octanol–water partition coefficient (Wildman–Crippen LogP) is 2.13. The van der Waals surface area contributed by atoms with Gasteiger partial charge in [-0.1, -0.05) is 25.2 Å². The Bertz CT molecular complexity index is 293. The van der Waals surface area contributed by atoms with Crippen LogP contribution in [0.4, 0.5) is 4.79 Å². The van der Waals surface area contributed by atoms with Gasteiger partial charge in [-0.15, -0.1) is 0 Å². The largest absolute Gasteiger partial charge is 0.334 e. The molecule has 4 heteroatoms. The van der Waals surface area contributed by atoms with Crippen LogP contribution in [0.1, 0.15) is 33.6 Å². The number of imide groups is 1. The molecule has 0 saturated carbocycles. The summed E-state index contributed by atoms with van der Waals surface area (Å²) in [5, 5.41) is 4.88. The van der Waals surface area contributed by atoms with Gasteiger partial charge in [-0.05, 0) is 25.8 Å². The second-order valence-electron chi connectivity index (χ2n) is 3.34. The fourth-order valence-electron chi connectivity index (χ4n) is 1.11. The summed E-state index contributed by atoms with van der Waals surface area (Å²) in [7, 11) is 0. The Hall–Kier alpha value is -1.58. The van der Waals surface area contributed by atoms with Crippen molar-refractivity contribution < 1.29 is 9.59 Å². The summed E-state index contributed by atoms with van der Waals surface area (Å²) in [6, 6.07) is -0.442. The molecule has 0 heterocycles. The molecule has 4 nitrogen and oxygen atoms in total. The molecule has 2 N–H and O–H groups in total. The maximum Gasteiger partial charge on any atom is 0.321 e. The standard InChI is InChI=1S/C12H20N2O2/c1-4-7-10(6-3)9-13-12(16)14-11(15)8-5-2/h4,6-7H,5,8-9H2,1-3H3,(H2,13,14,15,16)/b7-4-,10-6+. The third-order valence-electron chi connectivity index (χ3n) is 1.93. The molecule has 0 spiro atoms. The minimum atomic E-state index is -0.442. The Labute approximate surface area is 96.8 Å². The van der Waals surface area contributed by atoms with Crippen molar-refractivity contribution in [2.24, 2.45) is 0 Å². The molecule has 0 fully saturated rings. The van der Waals surface area contributed by atoms with Crippen molar-refractivity contribution in [3.63, 3.8) is 0 Å². The van der Waals surface area contributed by atoms with Crippen LogP contribution < -0.4 is 10.6 Å². The van der Waals surface area contributed by atoms with Crippen molar-refractivity contribution in [3.05, 3.63) is 23.8 Å². The number of amides is 3. The molecule has 0 bridgehead atoms. The summed E-state index contributed by atoms with van der Waals surface area (Å²) >= 11 is 0. The van der Waals surface area contributed by atoms with Crippen LogP contribution in [-0.2, 0) is 4.79 Å². The lowest BCUT2D eigenvalue weighted by Crippen LogP contribution is -2.39. The fourth-order valence-corrected chi connectivity index (χ4v) is 1.11. The average Bonchev–Trinajstić information content (AvgIpc) is 2.24. The van der Waals surface area contributed by atoms with Crippen LogP contribution in [0.5, 0.6) is 0 Å². The summed E-state index contributed by atoms with van der Waals surface area (Å²) in [6.07, 6.45) is 6.83. The van der Waals surface area contributed by atoms with Crippen molar-refractivity contribution in [1.82, 2.24) is 10.6 Å². The lowest BCUT2D eigenvalue weighted by atomic mass is 10.2. The SMILES string of the molecule is C/C=C\C(=C/C)CNC(=O)NC(=O)CCC. The van der Waals surface area contributed by atoms with Gasteiger partial charge in [0.25, 0.3) is 0 Å². The molecule has 0 atom stereocenters. The first-order chi connectivity index (χ1) is 7.63. The third-order valence-corrected chi connectivity index (χ3v) is 1.93. The molecule has 3 amide bonds. The van der Waals surface area contributed by atoms with E-state index in [1.807, 2.05) is 39.0 Å². The van der Waals surface area contributed by atoms with E-state index in [0.29, 0.717) is 13.0 Å². The highest BCUT2D eigenvalue weighted by atomic mass is 16.2. The number of carbonyl (C=O) groups is 2. The Balaban J connectivity index is 3.93. The molecule has 0 unspecified atom stereocenters. The predicted molar refractivity (Wildman–Crippen MR) is 65.0 cm³/mol. The van der Waals surface area contributed by atoms with Crippen molar-refractivity contribution in [2.75, 3.05) is 6.54 Å². The summed E-state index contributed by atoms with van der Waals surface area (Å²) in [6.45, 7) is 6.12. The number of rotatable bonds is 5. The van der Waals surface area contributed by atoms with Gasteiger partial charge in [-0.25, -0.2) is 4.79 Å². The zero-order chi connectivity index (χ0) is 12.4. The molecular formula is C12H20N2O2. The Morgan fingerprint density at radius 1 is 1.25 bits per heavy atom. The minimum Gasteiger partial charge on any atom is -0.334 e. The molecule has 0 aliphatic rings. The Morgan fingerprint density at radius 2 is 1.94 bits per heavy atom. The molecule has 0 saturated heterocycles.